The third kappa shape index (κ3) is 2.99. The Bertz CT molecular complexity index is 614. The van der Waals surface area contributed by atoms with E-state index >= 15 is 0 Å². The Morgan fingerprint density at radius 3 is 2.73 bits per heavy atom. The van der Waals surface area contributed by atoms with Gasteiger partial charge in [-0.2, -0.15) is 17.0 Å². The van der Waals surface area contributed by atoms with Crippen LogP contribution in [0.15, 0.2) is 24.3 Å². The van der Waals surface area contributed by atoms with Gasteiger partial charge in [0, 0.05) is 19.6 Å². The van der Waals surface area contributed by atoms with Crippen LogP contribution in [0.2, 0.25) is 0 Å². The second kappa shape index (κ2) is 6.54. The Morgan fingerprint density at radius 2 is 2.00 bits per heavy atom. The molecule has 0 radical (unpaired) electrons. The van der Waals surface area contributed by atoms with Gasteiger partial charge in [0.2, 0.25) is 0 Å². The summed E-state index contributed by atoms with van der Waals surface area (Å²) in [5.74, 6) is 0.758. The Kier molecular flexibility index (Phi) is 4.67. The van der Waals surface area contributed by atoms with Gasteiger partial charge in [-0.1, -0.05) is 12.1 Å². The zero-order chi connectivity index (χ0) is 15.6. The van der Waals surface area contributed by atoms with E-state index < -0.39 is 10.2 Å². The predicted molar refractivity (Wildman–Crippen MR) is 83.0 cm³/mol. The minimum absolute atomic E-state index is 0.108. The van der Waals surface area contributed by atoms with Crippen LogP contribution in [0.5, 0.6) is 5.75 Å². The van der Waals surface area contributed by atoms with E-state index in [0.29, 0.717) is 32.8 Å². The first kappa shape index (κ1) is 15.7. The molecule has 22 heavy (non-hydrogen) atoms. The van der Waals surface area contributed by atoms with Crippen LogP contribution in [-0.4, -0.2) is 57.0 Å². The molecule has 1 atom stereocenters. The first-order valence-electron chi connectivity index (χ1n) is 7.61. The van der Waals surface area contributed by atoms with Crippen molar-refractivity contribution in [1.82, 2.24) is 8.61 Å². The van der Waals surface area contributed by atoms with Crippen LogP contribution in [0, 0.1) is 0 Å². The lowest BCUT2D eigenvalue weighted by Crippen LogP contribution is -2.48. The highest BCUT2D eigenvalue weighted by molar-refractivity contribution is 7.86. The molecule has 2 saturated heterocycles. The first-order chi connectivity index (χ1) is 10.6. The minimum atomic E-state index is -3.43. The average molecular weight is 326 g/mol. The molecule has 1 unspecified atom stereocenters. The van der Waals surface area contributed by atoms with Gasteiger partial charge in [0.15, 0.2) is 0 Å². The topological polar surface area (TPSA) is 59.1 Å². The summed E-state index contributed by atoms with van der Waals surface area (Å²) in [6, 6.07) is 7.58. The lowest BCUT2D eigenvalue weighted by Gasteiger charge is -2.33. The number of morpholine rings is 1. The summed E-state index contributed by atoms with van der Waals surface area (Å²) in [5.41, 5.74) is 0.994. The number of nitrogens with zero attached hydrogens (tertiary/aromatic N) is 2. The van der Waals surface area contributed by atoms with E-state index in [-0.39, 0.29) is 6.04 Å². The highest BCUT2D eigenvalue weighted by Crippen LogP contribution is 2.36. The maximum Gasteiger partial charge on any atom is 0.282 e. The summed E-state index contributed by atoms with van der Waals surface area (Å²) in [6.45, 7) is 2.38. The van der Waals surface area contributed by atoms with E-state index in [1.807, 2.05) is 24.3 Å². The lowest BCUT2D eigenvalue weighted by atomic mass is 10.1. The molecular weight excluding hydrogens is 304 g/mol. The van der Waals surface area contributed by atoms with Gasteiger partial charge in [-0.15, -0.1) is 0 Å². The van der Waals surface area contributed by atoms with Crippen molar-refractivity contribution in [3.63, 3.8) is 0 Å². The number of hydrogen-bond donors (Lipinski definition) is 0. The van der Waals surface area contributed by atoms with E-state index in [2.05, 4.69) is 0 Å². The zero-order valence-electron chi connectivity index (χ0n) is 12.8. The fourth-order valence-corrected chi connectivity index (χ4v) is 4.94. The molecule has 2 aliphatic heterocycles. The summed E-state index contributed by atoms with van der Waals surface area (Å²) >= 11 is 0. The maximum atomic E-state index is 12.9. The van der Waals surface area contributed by atoms with Crippen LogP contribution in [0.25, 0.3) is 0 Å². The molecule has 0 aliphatic carbocycles. The molecule has 0 saturated carbocycles. The summed E-state index contributed by atoms with van der Waals surface area (Å²) < 4.78 is 39.5. The molecule has 2 aliphatic rings. The van der Waals surface area contributed by atoms with Crippen LogP contribution in [0.3, 0.4) is 0 Å². The Balaban J connectivity index is 1.85. The molecular formula is C15H22N2O4S. The summed E-state index contributed by atoms with van der Waals surface area (Å²) in [5, 5.41) is 0. The molecule has 0 aromatic heterocycles. The zero-order valence-corrected chi connectivity index (χ0v) is 13.6. The predicted octanol–water partition coefficient (Wildman–Crippen LogP) is 1.41. The fraction of sp³-hybridized carbons (Fsp3) is 0.600. The van der Waals surface area contributed by atoms with Crippen molar-refractivity contribution >= 4 is 10.2 Å². The highest BCUT2D eigenvalue weighted by Gasteiger charge is 2.39. The molecule has 1 aromatic carbocycles. The average Bonchev–Trinajstić information content (AvgIpc) is 3.06. The van der Waals surface area contributed by atoms with Crippen molar-refractivity contribution in [3.05, 3.63) is 29.8 Å². The second-order valence-corrected chi connectivity index (χ2v) is 7.45. The molecule has 2 heterocycles. The van der Waals surface area contributed by atoms with Crippen molar-refractivity contribution in [2.24, 2.45) is 0 Å². The van der Waals surface area contributed by atoms with Gasteiger partial charge < -0.3 is 9.47 Å². The van der Waals surface area contributed by atoms with Crippen molar-refractivity contribution in [3.8, 4) is 5.75 Å². The number of methoxy groups -OCH3 is 1. The van der Waals surface area contributed by atoms with Crippen LogP contribution in [-0.2, 0) is 14.9 Å². The molecule has 0 spiro atoms. The molecule has 6 nitrogen and oxygen atoms in total. The quantitative estimate of drug-likeness (QED) is 0.839. The second-order valence-electron chi connectivity index (χ2n) is 5.56. The maximum absolute atomic E-state index is 12.9. The molecule has 7 heteroatoms. The number of rotatable bonds is 4. The van der Waals surface area contributed by atoms with E-state index in [1.165, 1.54) is 4.31 Å². The minimum Gasteiger partial charge on any atom is -0.497 e. The standard InChI is InChI=1S/C15H22N2O4S/c1-20-14-5-2-4-13(12-14)15-6-3-7-17(15)22(18,19)16-8-10-21-11-9-16/h2,4-5,12,15H,3,6-11H2,1H3. The van der Waals surface area contributed by atoms with Crippen molar-refractivity contribution in [2.45, 2.75) is 18.9 Å². The van der Waals surface area contributed by atoms with Crippen LogP contribution >= 0.6 is 0 Å². The number of benzene rings is 1. The van der Waals surface area contributed by atoms with E-state index in [9.17, 15) is 8.42 Å². The lowest BCUT2D eigenvalue weighted by molar-refractivity contribution is 0.0699. The van der Waals surface area contributed by atoms with Gasteiger partial charge in [-0.25, -0.2) is 0 Å². The van der Waals surface area contributed by atoms with Crippen LogP contribution in [0.1, 0.15) is 24.4 Å². The van der Waals surface area contributed by atoms with Crippen LogP contribution in [0.4, 0.5) is 0 Å². The monoisotopic (exact) mass is 326 g/mol. The molecule has 0 N–H and O–H groups in total. The van der Waals surface area contributed by atoms with Gasteiger partial charge in [0.1, 0.15) is 5.75 Å². The molecule has 3 rings (SSSR count). The summed E-state index contributed by atoms with van der Waals surface area (Å²) in [4.78, 5) is 0. The van der Waals surface area contributed by atoms with Crippen molar-refractivity contribution < 1.29 is 17.9 Å². The van der Waals surface area contributed by atoms with Gasteiger partial charge in [-0.3, -0.25) is 0 Å². The molecule has 0 bridgehead atoms. The highest BCUT2D eigenvalue weighted by atomic mass is 32.2. The molecule has 0 amide bonds. The molecule has 2 fully saturated rings. The van der Waals surface area contributed by atoms with Crippen molar-refractivity contribution in [2.75, 3.05) is 40.0 Å². The van der Waals surface area contributed by atoms with E-state index in [0.717, 1.165) is 24.2 Å². The van der Waals surface area contributed by atoms with Gasteiger partial charge in [-0.05, 0) is 30.5 Å². The third-order valence-corrected chi connectivity index (χ3v) is 6.32. The fourth-order valence-electron chi connectivity index (χ4n) is 3.12. The molecule has 122 valence electrons. The van der Waals surface area contributed by atoms with E-state index in [1.54, 1.807) is 11.4 Å². The normalized spacial score (nSPS) is 24.5. The Hall–Kier alpha value is -1.15. The number of ether oxygens (including phenoxy) is 2. The smallest absolute Gasteiger partial charge is 0.282 e. The Morgan fingerprint density at radius 1 is 1.23 bits per heavy atom. The first-order valence-corrected chi connectivity index (χ1v) is 9.01. The summed E-state index contributed by atoms with van der Waals surface area (Å²) in [7, 11) is -1.81. The molecule has 1 aromatic rings. The Labute approximate surface area is 131 Å². The van der Waals surface area contributed by atoms with Crippen LogP contribution < -0.4 is 4.74 Å². The third-order valence-electron chi connectivity index (χ3n) is 4.27. The largest absolute Gasteiger partial charge is 0.497 e. The number of hydrogen-bond acceptors (Lipinski definition) is 4. The SMILES string of the molecule is COc1cccc(C2CCCN2S(=O)(=O)N2CCOCC2)c1. The summed E-state index contributed by atoms with van der Waals surface area (Å²) in [6.07, 6.45) is 1.72. The van der Waals surface area contributed by atoms with Gasteiger partial charge >= 0.3 is 0 Å². The van der Waals surface area contributed by atoms with Gasteiger partial charge in [0.05, 0.1) is 26.4 Å². The van der Waals surface area contributed by atoms with Crippen molar-refractivity contribution in [1.29, 1.82) is 0 Å². The van der Waals surface area contributed by atoms with Gasteiger partial charge in [0.25, 0.3) is 10.2 Å². The van der Waals surface area contributed by atoms with E-state index in [4.69, 9.17) is 9.47 Å².